The van der Waals surface area contributed by atoms with E-state index >= 15 is 0 Å². The van der Waals surface area contributed by atoms with Crippen molar-refractivity contribution in [1.29, 1.82) is 0 Å². The van der Waals surface area contributed by atoms with E-state index in [1.54, 1.807) is 23.4 Å². The van der Waals surface area contributed by atoms with Gasteiger partial charge in [0.15, 0.2) is 0 Å². The van der Waals surface area contributed by atoms with E-state index < -0.39 is 0 Å². The standard InChI is InChI=1S/C26H32N4O3/c1-18-14-30(19(2)17-31)26(32)23-12-21(10-9-20-7-8-20)13-28-25(23)33-24(18)16-29(3)15-22-6-4-5-11-27-22/h4-6,11-13,18-20,24,31H,7-8,14-17H2,1-3H3/t18-,19+,24+/m1/s1. The number of aliphatic hydroxyl groups excluding tert-OH is 1. The molecule has 0 spiro atoms. The van der Waals surface area contributed by atoms with Crippen molar-refractivity contribution in [3.05, 3.63) is 53.5 Å². The molecule has 4 rings (SSSR count). The molecule has 1 aliphatic carbocycles. The van der Waals surface area contributed by atoms with Gasteiger partial charge in [0.25, 0.3) is 5.91 Å². The summed E-state index contributed by atoms with van der Waals surface area (Å²) in [6, 6.07) is 7.36. The number of carbonyl (C=O) groups is 1. The van der Waals surface area contributed by atoms with E-state index in [-0.39, 0.29) is 30.6 Å². The Labute approximate surface area is 195 Å². The van der Waals surface area contributed by atoms with Gasteiger partial charge in [-0.15, -0.1) is 0 Å². The highest BCUT2D eigenvalue weighted by Gasteiger charge is 2.34. The van der Waals surface area contributed by atoms with E-state index in [4.69, 9.17) is 4.74 Å². The van der Waals surface area contributed by atoms with E-state index in [1.165, 1.54) is 0 Å². The second kappa shape index (κ2) is 10.3. The van der Waals surface area contributed by atoms with Crippen LogP contribution in [0.2, 0.25) is 0 Å². The molecule has 2 aromatic heterocycles. The lowest BCUT2D eigenvalue weighted by Crippen LogP contribution is -2.49. The van der Waals surface area contributed by atoms with Gasteiger partial charge >= 0.3 is 0 Å². The monoisotopic (exact) mass is 448 g/mol. The van der Waals surface area contributed by atoms with Crippen LogP contribution in [0.4, 0.5) is 0 Å². The number of carbonyl (C=O) groups excluding carboxylic acids is 1. The fraction of sp³-hybridized carbons (Fsp3) is 0.500. The van der Waals surface area contributed by atoms with Crippen LogP contribution >= 0.6 is 0 Å². The zero-order chi connectivity index (χ0) is 23.4. The maximum absolute atomic E-state index is 13.4. The Hall–Kier alpha value is -2.95. The van der Waals surface area contributed by atoms with Gasteiger partial charge in [0, 0.05) is 49.4 Å². The zero-order valence-electron chi connectivity index (χ0n) is 19.6. The molecule has 1 amide bonds. The van der Waals surface area contributed by atoms with Crippen molar-refractivity contribution >= 4 is 5.91 Å². The summed E-state index contributed by atoms with van der Waals surface area (Å²) >= 11 is 0. The highest BCUT2D eigenvalue weighted by molar-refractivity contribution is 5.97. The quantitative estimate of drug-likeness (QED) is 0.685. The van der Waals surface area contributed by atoms with Crippen molar-refractivity contribution in [1.82, 2.24) is 19.8 Å². The third-order valence-electron chi connectivity index (χ3n) is 6.17. The Morgan fingerprint density at radius 2 is 2.15 bits per heavy atom. The molecule has 0 saturated heterocycles. The number of amides is 1. The number of fused-ring (bicyclic) bond motifs is 1. The van der Waals surface area contributed by atoms with Crippen LogP contribution in [-0.2, 0) is 6.54 Å². The molecule has 33 heavy (non-hydrogen) atoms. The van der Waals surface area contributed by atoms with Gasteiger partial charge in [0.2, 0.25) is 5.88 Å². The molecule has 1 saturated carbocycles. The van der Waals surface area contributed by atoms with E-state index in [0.29, 0.717) is 42.6 Å². The number of aromatic nitrogens is 2. The Bertz CT molecular complexity index is 1030. The fourth-order valence-electron chi connectivity index (χ4n) is 3.94. The first-order valence-corrected chi connectivity index (χ1v) is 11.6. The molecule has 0 radical (unpaired) electrons. The number of nitrogens with zero attached hydrogens (tertiary/aromatic N) is 4. The van der Waals surface area contributed by atoms with Crippen LogP contribution in [0.1, 0.15) is 48.3 Å². The van der Waals surface area contributed by atoms with Gasteiger partial charge < -0.3 is 14.7 Å². The minimum Gasteiger partial charge on any atom is -0.472 e. The van der Waals surface area contributed by atoms with Crippen molar-refractivity contribution in [2.24, 2.45) is 11.8 Å². The number of aliphatic hydroxyl groups is 1. The SMILES string of the molecule is C[C@@H]1CN([C@@H](C)CO)C(=O)c2cc(C#CC3CC3)cnc2O[C@H]1CN(C)Cc1ccccn1. The molecule has 2 aromatic rings. The Balaban J connectivity index is 1.60. The number of hydrogen-bond acceptors (Lipinski definition) is 6. The molecule has 1 aliphatic heterocycles. The molecule has 0 bridgehead atoms. The molecule has 0 aromatic carbocycles. The van der Waals surface area contributed by atoms with Crippen LogP contribution in [0.3, 0.4) is 0 Å². The summed E-state index contributed by atoms with van der Waals surface area (Å²) in [5, 5.41) is 9.81. The number of hydrogen-bond donors (Lipinski definition) is 1. The molecule has 174 valence electrons. The van der Waals surface area contributed by atoms with Crippen molar-refractivity contribution < 1.29 is 14.6 Å². The molecule has 7 nitrogen and oxygen atoms in total. The normalized spacial score (nSPS) is 21.4. The van der Waals surface area contributed by atoms with Gasteiger partial charge in [-0.05, 0) is 45.0 Å². The summed E-state index contributed by atoms with van der Waals surface area (Å²) in [6.07, 6.45) is 5.57. The van der Waals surface area contributed by atoms with Crippen LogP contribution < -0.4 is 4.74 Å². The lowest BCUT2D eigenvalue weighted by Gasteiger charge is -2.37. The highest BCUT2D eigenvalue weighted by Crippen LogP contribution is 2.29. The van der Waals surface area contributed by atoms with Gasteiger partial charge in [0.1, 0.15) is 11.7 Å². The molecule has 1 fully saturated rings. The molecule has 0 unspecified atom stereocenters. The number of rotatable bonds is 6. The minimum atomic E-state index is -0.306. The number of likely N-dealkylation sites (N-methyl/N-ethyl adjacent to an activating group) is 1. The van der Waals surface area contributed by atoms with Gasteiger partial charge in [-0.1, -0.05) is 24.8 Å². The Morgan fingerprint density at radius 1 is 1.33 bits per heavy atom. The zero-order valence-corrected chi connectivity index (χ0v) is 19.6. The van der Waals surface area contributed by atoms with E-state index in [0.717, 1.165) is 18.5 Å². The van der Waals surface area contributed by atoms with Gasteiger partial charge in [0.05, 0.1) is 18.3 Å². The first-order chi connectivity index (χ1) is 15.9. The van der Waals surface area contributed by atoms with E-state index in [2.05, 4.69) is 33.6 Å². The molecule has 3 atom stereocenters. The van der Waals surface area contributed by atoms with E-state index in [1.807, 2.05) is 32.2 Å². The molecule has 1 N–H and O–H groups in total. The smallest absolute Gasteiger partial charge is 0.259 e. The predicted molar refractivity (Wildman–Crippen MR) is 126 cm³/mol. The maximum atomic E-state index is 13.4. The van der Waals surface area contributed by atoms with Gasteiger partial charge in [-0.3, -0.25) is 14.7 Å². The lowest BCUT2D eigenvalue weighted by atomic mass is 10.00. The first-order valence-electron chi connectivity index (χ1n) is 11.6. The third-order valence-corrected chi connectivity index (χ3v) is 6.17. The minimum absolute atomic E-state index is 0.0402. The summed E-state index contributed by atoms with van der Waals surface area (Å²) < 4.78 is 6.35. The van der Waals surface area contributed by atoms with Crippen LogP contribution in [0, 0.1) is 23.7 Å². The fourth-order valence-corrected chi connectivity index (χ4v) is 3.94. The van der Waals surface area contributed by atoms with Gasteiger partial charge in [-0.25, -0.2) is 4.98 Å². The highest BCUT2D eigenvalue weighted by atomic mass is 16.5. The average Bonchev–Trinajstić information content (AvgIpc) is 3.65. The van der Waals surface area contributed by atoms with Crippen molar-refractivity contribution in [3.63, 3.8) is 0 Å². The summed E-state index contributed by atoms with van der Waals surface area (Å²) in [5.74, 6) is 7.02. The van der Waals surface area contributed by atoms with Crippen LogP contribution in [-0.4, -0.2) is 69.7 Å². The van der Waals surface area contributed by atoms with Crippen molar-refractivity contribution in [3.8, 4) is 17.7 Å². The van der Waals surface area contributed by atoms with Crippen LogP contribution in [0.15, 0.2) is 36.7 Å². The first kappa shape index (κ1) is 23.2. The molecule has 2 aliphatic rings. The largest absolute Gasteiger partial charge is 0.472 e. The summed E-state index contributed by atoms with van der Waals surface area (Å²) in [7, 11) is 2.04. The van der Waals surface area contributed by atoms with Crippen LogP contribution in [0.25, 0.3) is 0 Å². The molecule has 7 heteroatoms. The van der Waals surface area contributed by atoms with Crippen LogP contribution in [0.5, 0.6) is 5.88 Å². The lowest BCUT2D eigenvalue weighted by molar-refractivity contribution is 0.0324. The van der Waals surface area contributed by atoms with Gasteiger partial charge in [-0.2, -0.15) is 0 Å². The second-order valence-corrected chi connectivity index (χ2v) is 9.26. The Kier molecular flexibility index (Phi) is 7.26. The molecule has 3 heterocycles. The summed E-state index contributed by atoms with van der Waals surface area (Å²) in [5.41, 5.74) is 2.11. The number of ether oxygens (including phenoxy) is 1. The molecular formula is C26H32N4O3. The summed E-state index contributed by atoms with van der Waals surface area (Å²) in [4.78, 5) is 26.3. The Morgan fingerprint density at radius 3 is 2.85 bits per heavy atom. The second-order valence-electron chi connectivity index (χ2n) is 9.26. The maximum Gasteiger partial charge on any atom is 0.259 e. The van der Waals surface area contributed by atoms with E-state index in [9.17, 15) is 9.90 Å². The topological polar surface area (TPSA) is 78.8 Å². The van der Waals surface area contributed by atoms with Crippen molar-refractivity contribution in [2.45, 2.75) is 45.4 Å². The average molecular weight is 449 g/mol. The number of pyridine rings is 2. The predicted octanol–water partition coefficient (Wildman–Crippen LogP) is 2.59. The van der Waals surface area contributed by atoms with Crippen molar-refractivity contribution in [2.75, 3.05) is 26.7 Å². The third kappa shape index (κ3) is 5.89. The summed E-state index contributed by atoms with van der Waals surface area (Å²) in [6.45, 7) is 5.66. The molecular weight excluding hydrogens is 416 g/mol.